The number of hydrogen-bond donors (Lipinski definition) is 1. The second-order valence-corrected chi connectivity index (χ2v) is 4.71. The number of hydrogen-bond acceptors (Lipinski definition) is 2. The van der Waals surface area contributed by atoms with Crippen molar-refractivity contribution >= 4 is 23.4 Å². The first kappa shape index (κ1) is 12.3. The molecule has 0 aromatic carbocycles. The van der Waals surface area contributed by atoms with Crippen molar-refractivity contribution in [3.63, 3.8) is 0 Å². The Morgan fingerprint density at radius 1 is 1.67 bits per heavy atom. The summed E-state index contributed by atoms with van der Waals surface area (Å²) in [5.41, 5.74) is 0. The smallest absolute Gasteiger partial charge is 0.0309 e. The van der Waals surface area contributed by atoms with Crippen LogP contribution in [0.15, 0.2) is 11.6 Å². The van der Waals surface area contributed by atoms with Crippen molar-refractivity contribution in [2.24, 2.45) is 0 Å². The fraction of sp³-hybridized carbons (Fsp3) is 0.778. The maximum absolute atomic E-state index is 5.62. The zero-order valence-corrected chi connectivity index (χ0v) is 9.47. The molecule has 0 saturated carbocycles. The van der Waals surface area contributed by atoms with Gasteiger partial charge in [-0.15, -0.1) is 0 Å². The molecular formula is C9H18ClNS. The Hall–Kier alpha value is 0.340. The molecule has 0 heterocycles. The normalized spacial score (nSPS) is 12.9. The van der Waals surface area contributed by atoms with E-state index in [1.54, 1.807) is 0 Å². The van der Waals surface area contributed by atoms with E-state index in [4.69, 9.17) is 11.6 Å². The van der Waals surface area contributed by atoms with Crippen LogP contribution in [0.2, 0.25) is 0 Å². The molecule has 0 bridgehead atoms. The summed E-state index contributed by atoms with van der Waals surface area (Å²) in [6.45, 7) is 8.70. The molecule has 0 fully saturated rings. The number of nitrogens with one attached hydrogen (secondary N) is 1. The molecule has 0 aromatic heterocycles. The van der Waals surface area contributed by atoms with Crippen LogP contribution < -0.4 is 5.32 Å². The molecule has 0 radical (unpaired) electrons. The predicted molar refractivity (Wildman–Crippen MR) is 60.1 cm³/mol. The van der Waals surface area contributed by atoms with Crippen LogP contribution in [0.5, 0.6) is 0 Å². The molecule has 1 unspecified atom stereocenters. The van der Waals surface area contributed by atoms with Gasteiger partial charge in [0.15, 0.2) is 0 Å². The summed E-state index contributed by atoms with van der Waals surface area (Å²) in [6, 6.07) is 0.541. The van der Waals surface area contributed by atoms with E-state index in [-0.39, 0.29) is 0 Å². The van der Waals surface area contributed by atoms with Crippen LogP contribution in [0.3, 0.4) is 0 Å². The van der Waals surface area contributed by atoms with Crippen molar-refractivity contribution in [1.29, 1.82) is 0 Å². The van der Waals surface area contributed by atoms with E-state index in [1.807, 2.05) is 11.8 Å². The quantitative estimate of drug-likeness (QED) is 0.645. The lowest BCUT2D eigenvalue weighted by atomic mass is 10.2. The highest BCUT2D eigenvalue weighted by molar-refractivity contribution is 7.99. The molecule has 0 aromatic rings. The maximum Gasteiger partial charge on any atom is 0.0309 e. The maximum atomic E-state index is 5.62. The van der Waals surface area contributed by atoms with Gasteiger partial charge in [0.1, 0.15) is 0 Å². The van der Waals surface area contributed by atoms with Crippen molar-refractivity contribution in [1.82, 2.24) is 5.32 Å². The molecule has 12 heavy (non-hydrogen) atoms. The van der Waals surface area contributed by atoms with E-state index in [1.165, 1.54) is 17.9 Å². The Bertz CT molecular complexity index is 128. The lowest BCUT2D eigenvalue weighted by Crippen LogP contribution is -2.27. The van der Waals surface area contributed by atoms with Crippen LogP contribution in [0, 0.1) is 0 Å². The van der Waals surface area contributed by atoms with Crippen molar-refractivity contribution < 1.29 is 0 Å². The SMILES string of the molecule is C=C(Cl)CNC(C)CCSCC. The monoisotopic (exact) mass is 207 g/mol. The Morgan fingerprint density at radius 3 is 2.83 bits per heavy atom. The molecule has 72 valence electrons. The third-order valence-corrected chi connectivity index (χ3v) is 2.61. The predicted octanol–water partition coefficient (Wildman–Crippen LogP) is 2.86. The van der Waals surface area contributed by atoms with Crippen molar-refractivity contribution in [3.05, 3.63) is 11.6 Å². The van der Waals surface area contributed by atoms with Gasteiger partial charge in [0.25, 0.3) is 0 Å². The van der Waals surface area contributed by atoms with E-state index >= 15 is 0 Å². The van der Waals surface area contributed by atoms with Crippen LogP contribution in [0.25, 0.3) is 0 Å². The number of thioether (sulfide) groups is 1. The van der Waals surface area contributed by atoms with Gasteiger partial charge in [0.05, 0.1) is 0 Å². The largest absolute Gasteiger partial charge is 0.309 e. The van der Waals surface area contributed by atoms with Gasteiger partial charge in [0.2, 0.25) is 0 Å². The molecule has 1 atom stereocenters. The van der Waals surface area contributed by atoms with Gasteiger partial charge in [-0.1, -0.05) is 25.1 Å². The molecule has 1 N–H and O–H groups in total. The van der Waals surface area contributed by atoms with Crippen molar-refractivity contribution in [2.45, 2.75) is 26.3 Å². The van der Waals surface area contributed by atoms with Crippen molar-refractivity contribution in [2.75, 3.05) is 18.1 Å². The third-order valence-electron chi connectivity index (χ3n) is 1.54. The molecule has 0 aliphatic heterocycles. The molecule has 0 aliphatic carbocycles. The average molecular weight is 208 g/mol. The fourth-order valence-corrected chi connectivity index (χ4v) is 1.68. The topological polar surface area (TPSA) is 12.0 Å². The first-order chi connectivity index (χ1) is 5.66. The van der Waals surface area contributed by atoms with Crippen molar-refractivity contribution in [3.8, 4) is 0 Å². The highest BCUT2D eigenvalue weighted by Gasteiger charge is 1.99. The summed E-state index contributed by atoms with van der Waals surface area (Å²) in [6.07, 6.45) is 1.20. The van der Waals surface area contributed by atoms with Crippen LogP contribution in [0.1, 0.15) is 20.3 Å². The molecule has 1 nitrogen and oxygen atoms in total. The van der Waals surface area contributed by atoms with Gasteiger partial charge in [-0.3, -0.25) is 0 Å². The van der Waals surface area contributed by atoms with Gasteiger partial charge in [-0.2, -0.15) is 11.8 Å². The minimum absolute atomic E-state index is 0.541. The number of rotatable bonds is 7. The average Bonchev–Trinajstić information content (AvgIpc) is 2.01. The molecule has 3 heteroatoms. The summed E-state index contributed by atoms with van der Waals surface area (Å²) in [4.78, 5) is 0. The molecule has 0 spiro atoms. The summed E-state index contributed by atoms with van der Waals surface area (Å²) in [7, 11) is 0. The summed E-state index contributed by atoms with van der Waals surface area (Å²) >= 11 is 7.60. The van der Waals surface area contributed by atoms with Crippen LogP contribution >= 0.6 is 23.4 Å². The standard InChI is InChI=1S/C9H18ClNS/c1-4-12-6-5-9(3)11-7-8(2)10/h9,11H,2,4-7H2,1,3H3. The third kappa shape index (κ3) is 8.44. The fourth-order valence-electron chi connectivity index (χ4n) is 0.791. The molecule has 0 saturated heterocycles. The zero-order valence-electron chi connectivity index (χ0n) is 7.90. The zero-order chi connectivity index (χ0) is 9.40. The van der Waals surface area contributed by atoms with Crippen LogP contribution in [-0.2, 0) is 0 Å². The second-order valence-electron chi connectivity index (χ2n) is 2.78. The van der Waals surface area contributed by atoms with Gasteiger partial charge in [-0.25, -0.2) is 0 Å². The van der Waals surface area contributed by atoms with E-state index in [2.05, 4.69) is 25.7 Å². The lowest BCUT2D eigenvalue weighted by molar-refractivity contribution is 0.569. The summed E-state index contributed by atoms with van der Waals surface area (Å²) in [5.74, 6) is 2.42. The van der Waals surface area contributed by atoms with Gasteiger partial charge in [-0.05, 0) is 24.9 Å². The minimum Gasteiger partial charge on any atom is -0.309 e. The molecule has 0 amide bonds. The Kier molecular flexibility index (Phi) is 8.19. The van der Waals surface area contributed by atoms with Crippen LogP contribution in [0.4, 0.5) is 0 Å². The minimum atomic E-state index is 0.541. The summed E-state index contributed by atoms with van der Waals surface area (Å²) < 4.78 is 0. The van der Waals surface area contributed by atoms with E-state index in [0.717, 1.165) is 6.54 Å². The van der Waals surface area contributed by atoms with E-state index in [0.29, 0.717) is 11.1 Å². The van der Waals surface area contributed by atoms with E-state index < -0.39 is 0 Å². The Balaban J connectivity index is 3.21. The molecular weight excluding hydrogens is 190 g/mol. The molecule has 0 rings (SSSR count). The first-order valence-corrected chi connectivity index (χ1v) is 5.84. The highest BCUT2D eigenvalue weighted by atomic mass is 35.5. The van der Waals surface area contributed by atoms with Gasteiger partial charge < -0.3 is 5.32 Å². The Labute approximate surface area is 84.9 Å². The second kappa shape index (κ2) is 7.96. The van der Waals surface area contributed by atoms with Gasteiger partial charge in [0, 0.05) is 17.6 Å². The van der Waals surface area contributed by atoms with E-state index in [9.17, 15) is 0 Å². The summed E-state index contributed by atoms with van der Waals surface area (Å²) in [5, 5.41) is 3.98. The number of halogens is 1. The highest BCUT2D eigenvalue weighted by Crippen LogP contribution is 2.04. The van der Waals surface area contributed by atoms with Gasteiger partial charge >= 0.3 is 0 Å². The Morgan fingerprint density at radius 2 is 2.33 bits per heavy atom. The molecule has 0 aliphatic rings. The first-order valence-electron chi connectivity index (χ1n) is 4.31. The lowest BCUT2D eigenvalue weighted by Gasteiger charge is -2.12. The van der Waals surface area contributed by atoms with Crippen LogP contribution in [-0.4, -0.2) is 24.1 Å².